The van der Waals surface area contributed by atoms with Crippen LogP contribution in [0.2, 0.25) is 0 Å². The van der Waals surface area contributed by atoms with E-state index in [0.717, 1.165) is 17.7 Å². The normalized spacial score (nSPS) is 11.4. The second kappa shape index (κ2) is 9.97. The summed E-state index contributed by atoms with van der Waals surface area (Å²) in [6, 6.07) is 9.43. The number of nitrogens with one attached hydrogen (secondary N) is 1. The van der Waals surface area contributed by atoms with Gasteiger partial charge in [0.2, 0.25) is 5.91 Å². The van der Waals surface area contributed by atoms with Crippen molar-refractivity contribution in [1.29, 1.82) is 0 Å². The molecule has 0 bridgehead atoms. The van der Waals surface area contributed by atoms with Crippen LogP contribution >= 0.6 is 11.8 Å². The number of hydrogen-bond donors (Lipinski definition) is 2. The SMILES string of the molecule is CSCC[C@@H](N)C(=O)NCc1ccccc1.[H-].[Na+]. The van der Waals surface area contributed by atoms with Crippen LogP contribution in [0.1, 0.15) is 13.4 Å². The Hall–Kier alpha value is 0. The van der Waals surface area contributed by atoms with E-state index in [-0.39, 0.29) is 36.9 Å². The van der Waals surface area contributed by atoms with Gasteiger partial charge in [0.25, 0.3) is 0 Å². The van der Waals surface area contributed by atoms with Crippen LogP contribution in [0.5, 0.6) is 0 Å². The molecule has 17 heavy (non-hydrogen) atoms. The Morgan fingerprint density at radius 2 is 2.12 bits per heavy atom. The summed E-state index contributed by atoms with van der Waals surface area (Å²) in [7, 11) is 0. The predicted molar refractivity (Wildman–Crippen MR) is 70.4 cm³/mol. The molecule has 3 nitrogen and oxygen atoms in total. The number of amides is 1. The van der Waals surface area contributed by atoms with Crippen molar-refractivity contribution in [3.8, 4) is 0 Å². The summed E-state index contributed by atoms with van der Waals surface area (Å²) in [5, 5.41) is 2.83. The van der Waals surface area contributed by atoms with Gasteiger partial charge in [-0.05, 0) is 24.0 Å². The van der Waals surface area contributed by atoms with Crippen LogP contribution in [-0.4, -0.2) is 24.0 Å². The molecular weight excluding hydrogens is 243 g/mol. The van der Waals surface area contributed by atoms with Gasteiger partial charge in [-0.25, -0.2) is 0 Å². The Morgan fingerprint density at radius 1 is 1.47 bits per heavy atom. The molecule has 1 atom stereocenters. The fourth-order valence-corrected chi connectivity index (χ4v) is 1.78. The van der Waals surface area contributed by atoms with Crippen LogP contribution in [0.25, 0.3) is 0 Å². The van der Waals surface area contributed by atoms with Gasteiger partial charge in [0.15, 0.2) is 0 Å². The van der Waals surface area contributed by atoms with Crippen LogP contribution < -0.4 is 40.6 Å². The molecular formula is C12H19N2NaOS. The maximum atomic E-state index is 11.6. The van der Waals surface area contributed by atoms with Crippen molar-refractivity contribution in [2.24, 2.45) is 5.73 Å². The van der Waals surface area contributed by atoms with Gasteiger partial charge in [-0.1, -0.05) is 30.3 Å². The van der Waals surface area contributed by atoms with E-state index in [4.69, 9.17) is 5.73 Å². The molecule has 0 unspecified atom stereocenters. The Morgan fingerprint density at radius 3 is 2.71 bits per heavy atom. The van der Waals surface area contributed by atoms with Crippen molar-refractivity contribution < 1.29 is 35.8 Å². The molecule has 0 radical (unpaired) electrons. The van der Waals surface area contributed by atoms with Crippen LogP contribution in [0.15, 0.2) is 30.3 Å². The van der Waals surface area contributed by atoms with E-state index < -0.39 is 6.04 Å². The molecule has 0 aliphatic carbocycles. The van der Waals surface area contributed by atoms with Crippen molar-refractivity contribution in [2.45, 2.75) is 19.0 Å². The first-order valence-electron chi connectivity index (χ1n) is 5.30. The number of thioether (sulfide) groups is 1. The smallest absolute Gasteiger partial charge is 1.00 e. The summed E-state index contributed by atoms with van der Waals surface area (Å²) >= 11 is 1.70. The van der Waals surface area contributed by atoms with Gasteiger partial charge >= 0.3 is 29.6 Å². The van der Waals surface area contributed by atoms with E-state index in [9.17, 15) is 4.79 Å². The van der Waals surface area contributed by atoms with Crippen molar-refractivity contribution in [3.05, 3.63) is 35.9 Å². The van der Waals surface area contributed by atoms with Gasteiger partial charge in [-0.2, -0.15) is 11.8 Å². The van der Waals surface area contributed by atoms with Gasteiger partial charge < -0.3 is 12.5 Å². The minimum Gasteiger partial charge on any atom is -1.00 e. The summed E-state index contributed by atoms with van der Waals surface area (Å²) in [5.41, 5.74) is 6.83. The number of hydrogen-bond acceptors (Lipinski definition) is 3. The van der Waals surface area contributed by atoms with E-state index in [1.165, 1.54) is 0 Å². The Labute approximate surface area is 131 Å². The summed E-state index contributed by atoms with van der Waals surface area (Å²) in [6.07, 6.45) is 2.73. The number of nitrogens with two attached hydrogens (primary N) is 1. The van der Waals surface area contributed by atoms with E-state index >= 15 is 0 Å². The Kier molecular flexibility index (Phi) is 9.97. The minimum atomic E-state index is -0.392. The standard InChI is InChI=1S/C12H18N2OS.Na.H/c1-16-8-7-11(13)12(15)14-9-10-5-3-2-4-6-10;;/h2-6,11H,7-9,13H2,1H3,(H,14,15);;/q;+1;-1/t11-;;/m1../s1. The summed E-state index contributed by atoms with van der Waals surface area (Å²) in [5.74, 6) is 0.845. The van der Waals surface area contributed by atoms with E-state index in [2.05, 4.69) is 5.32 Å². The second-order valence-electron chi connectivity index (χ2n) is 3.59. The average Bonchev–Trinajstić information content (AvgIpc) is 2.34. The number of benzene rings is 1. The van der Waals surface area contributed by atoms with Gasteiger partial charge in [0, 0.05) is 6.54 Å². The largest absolute Gasteiger partial charge is 1.00 e. The molecule has 1 amide bonds. The quantitative estimate of drug-likeness (QED) is 0.614. The molecule has 90 valence electrons. The zero-order valence-corrected chi connectivity index (χ0v) is 13.3. The van der Waals surface area contributed by atoms with Crippen LogP contribution in [-0.2, 0) is 11.3 Å². The monoisotopic (exact) mass is 262 g/mol. The number of rotatable bonds is 6. The summed E-state index contributed by atoms with van der Waals surface area (Å²) in [6.45, 7) is 0.548. The average molecular weight is 262 g/mol. The fourth-order valence-electron chi connectivity index (χ4n) is 1.29. The van der Waals surface area contributed by atoms with Gasteiger partial charge in [0.1, 0.15) is 0 Å². The fraction of sp³-hybridized carbons (Fsp3) is 0.417. The Balaban J connectivity index is 0. The molecule has 0 saturated heterocycles. The maximum Gasteiger partial charge on any atom is 1.00 e. The molecule has 5 heteroatoms. The van der Waals surface area contributed by atoms with Crippen LogP contribution in [0, 0.1) is 0 Å². The van der Waals surface area contributed by atoms with Crippen molar-refractivity contribution in [2.75, 3.05) is 12.0 Å². The molecule has 0 aliphatic heterocycles. The molecule has 1 aromatic rings. The molecule has 3 N–H and O–H groups in total. The first-order valence-corrected chi connectivity index (χ1v) is 6.69. The minimum absolute atomic E-state index is 0. The zero-order valence-electron chi connectivity index (χ0n) is 11.5. The van der Waals surface area contributed by atoms with E-state index in [1.54, 1.807) is 11.8 Å². The van der Waals surface area contributed by atoms with Crippen molar-refractivity contribution in [3.63, 3.8) is 0 Å². The summed E-state index contributed by atoms with van der Waals surface area (Å²) in [4.78, 5) is 11.6. The van der Waals surface area contributed by atoms with Crippen molar-refractivity contribution in [1.82, 2.24) is 5.32 Å². The first kappa shape index (κ1) is 17.0. The molecule has 0 aliphatic rings. The third-order valence-electron chi connectivity index (χ3n) is 2.28. The molecule has 1 aromatic carbocycles. The number of carbonyl (C=O) groups is 1. The molecule has 0 heterocycles. The molecule has 0 spiro atoms. The van der Waals surface area contributed by atoms with Crippen molar-refractivity contribution >= 4 is 17.7 Å². The zero-order chi connectivity index (χ0) is 11.8. The Bertz CT molecular complexity index is 327. The third kappa shape index (κ3) is 7.11. The molecule has 1 rings (SSSR count). The maximum absolute atomic E-state index is 11.6. The molecule has 0 aromatic heterocycles. The van der Waals surface area contributed by atoms with Crippen LogP contribution in [0.4, 0.5) is 0 Å². The summed E-state index contributed by atoms with van der Waals surface area (Å²) < 4.78 is 0. The first-order chi connectivity index (χ1) is 7.74. The predicted octanol–water partition coefficient (Wildman–Crippen LogP) is -1.50. The van der Waals surface area contributed by atoms with Gasteiger partial charge in [0.05, 0.1) is 6.04 Å². The van der Waals surface area contributed by atoms with Gasteiger partial charge in [-0.15, -0.1) is 0 Å². The number of carbonyl (C=O) groups excluding carboxylic acids is 1. The topological polar surface area (TPSA) is 55.1 Å². The second-order valence-corrected chi connectivity index (χ2v) is 4.58. The third-order valence-corrected chi connectivity index (χ3v) is 2.92. The van der Waals surface area contributed by atoms with Crippen LogP contribution in [0.3, 0.4) is 0 Å². The molecule has 0 fully saturated rings. The van der Waals surface area contributed by atoms with Gasteiger partial charge in [-0.3, -0.25) is 4.79 Å². The molecule has 0 saturated carbocycles. The van der Waals surface area contributed by atoms with E-state index in [1.807, 2.05) is 36.6 Å². The van der Waals surface area contributed by atoms with E-state index in [0.29, 0.717) is 6.54 Å².